The van der Waals surface area contributed by atoms with Gasteiger partial charge in [-0.15, -0.1) is 0 Å². The van der Waals surface area contributed by atoms with Crippen molar-refractivity contribution in [1.82, 2.24) is 0 Å². The SMILES string of the molecule is C[C@H](CCC(=O)O)[C@H]1CC[C@H]2[C@@H]3C(=O)CC4CC(O)CC[C@]4(C)[C@H]3C(O)C[C@]12C. The van der Waals surface area contributed by atoms with Crippen molar-refractivity contribution in [2.45, 2.75) is 90.8 Å². The van der Waals surface area contributed by atoms with Gasteiger partial charge in [-0.1, -0.05) is 20.8 Å². The van der Waals surface area contributed by atoms with Crippen LogP contribution in [0.25, 0.3) is 0 Å². The molecule has 164 valence electrons. The first-order valence-corrected chi connectivity index (χ1v) is 11.7. The van der Waals surface area contributed by atoms with Gasteiger partial charge in [0.1, 0.15) is 5.78 Å². The quantitative estimate of drug-likeness (QED) is 0.662. The van der Waals surface area contributed by atoms with E-state index >= 15 is 0 Å². The Labute approximate surface area is 174 Å². The number of hydrogen-bond acceptors (Lipinski definition) is 4. The van der Waals surface area contributed by atoms with Crippen molar-refractivity contribution in [3.63, 3.8) is 0 Å². The molecule has 4 aliphatic rings. The van der Waals surface area contributed by atoms with Crippen LogP contribution in [0, 0.1) is 46.3 Å². The minimum Gasteiger partial charge on any atom is -0.481 e. The van der Waals surface area contributed by atoms with Crippen LogP contribution in [0.2, 0.25) is 0 Å². The van der Waals surface area contributed by atoms with Crippen LogP contribution in [-0.2, 0) is 9.59 Å². The average Bonchev–Trinajstić information content (AvgIpc) is 2.97. The molecule has 4 rings (SSSR count). The van der Waals surface area contributed by atoms with Crippen molar-refractivity contribution in [3.8, 4) is 0 Å². The molecule has 4 aliphatic carbocycles. The Balaban J connectivity index is 1.62. The smallest absolute Gasteiger partial charge is 0.303 e. The Hall–Kier alpha value is -0.940. The lowest BCUT2D eigenvalue weighted by Crippen LogP contribution is -2.62. The fourth-order valence-corrected chi connectivity index (χ4v) is 8.55. The third kappa shape index (κ3) is 3.27. The standard InChI is InChI=1S/C24H38O5/c1-13(4-7-20(28)29)16-5-6-17-21-18(26)11-14-10-15(25)8-9-23(14,2)22(21)19(27)12-24(16,17)3/h13-17,19,21-22,25,27H,4-12H2,1-3H3,(H,28,29)/t13-,14?,15?,16-,17+,19?,21-,22+,23+,24-/m1/s1. The number of carboxylic acid groups (broad SMARTS) is 1. The van der Waals surface area contributed by atoms with E-state index in [1.165, 1.54) is 0 Å². The average molecular weight is 407 g/mol. The summed E-state index contributed by atoms with van der Waals surface area (Å²) < 4.78 is 0. The molecule has 0 radical (unpaired) electrons. The van der Waals surface area contributed by atoms with Gasteiger partial charge >= 0.3 is 5.97 Å². The number of rotatable bonds is 4. The molecule has 3 N–H and O–H groups in total. The summed E-state index contributed by atoms with van der Waals surface area (Å²) in [5, 5.41) is 30.7. The van der Waals surface area contributed by atoms with Crippen LogP contribution in [0.3, 0.4) is 0 Å². The highest BCUT2D eigenvalue weighted by Crippen LogP contribution is 2.67. The van der Waals surface area contributed by atoms with Gasteiger partial charge in [0.25, 0.3) is 0 Å². The van der Waals surface area contributed by atoms with Crippen LogP contribution in [-0.4, -0.2) is 39.3 Å². The summed E-state index contributed by atoms with van der Waals surface area (Å²) in [6, 6.07) is 0. The molecule has 3 unspecified atom stereocenters. The third-order valence-electron chi connectivity index (χ3n) is 9.95. The lowest BCUT2D eigenvalue weighted by molar-refractivity contribution is -0.186. The van der Waals surface area contributed by atoms with E-state index in [2.05, 4.69) is 20.8 Å². The number of carbonyl (C=O) groups excluding carboxylic acids is 1. The zero-order chi connectivity index (χ0) is 21.1. The molecule has 0 aromatic heterocycles. The topological polar surface area (TPSA) is 94.8 Å². The summed E-state index contributed by atoms with van der Waals surface area (Å²) in [6.07, 6.45) is 5.73. The zero-order valence-corrected chi connectivity index (χ0v) is 18.1. The normalized spacial score (nSPS) is 50.4. The molecule has 5 heteroatoms. The highest BCUT2D eigenvalue weighted by atomic mass is 16.4. The van der Waals surface area contributed by atoms with Gasteiger partial charge in [-0.2, -0.15) is 0 Å². The molecule has 0 heterocycles. The van der Waals surface area contributed by atoms with Gasteiger partial charge in [-0.05, 0) is 79.4 Å². The molecule has 4 saturated carbocycles. The van der Waals surface area contributed by atoms with Gasteiger partial charge in [0, 0.05) is 24.7 Å². The highest BCUT2D eigenvalue weighted by Gasteiger charge is 2.65. The number of carbonyl (C=O) groups is 2. The Bertz CT molecular complexity index is 676. The van der Waals surface area contributed by atoms with E-state index in [4.69, 9.17) is 5.11 Å². The fourth-order valence-electron chi connectivity index (χ4n) is 8.55. The molecule has 5 nitrogen and oxygen atoms in total. The van der Waals surface area contributed by atoms with Gasteiger partial charge in [0.05, 0.1) is 12.2 Å². The maximum absolute atomic E-state index is 13.4. The van der Waals surface area contributed by atoms with E-state index in [0.29, 0.717) is 36.9 Å². The maximum atomic E-state index is 13.4. The van der Waals surface area contributed by atoms with Crippen LogP contribution in [0.4, 0.5) is 0 Å². The second-order valence-corrected chi connectivity index (χ2v) is 11.3. The maximum Gasteiger partial charge on any atom is 0.303 e. The lowest BCUT2D eigenvalue weighted by atomic mass is 9.43. The molecule has 0 amide bonds. The van der Waals surface area contributed by atoms with Crippen LogP contribution in [0.1, 0.15) is 78.6 Å². The molecule has 0 spiro atoms. The van der Waals surface area contributed by atoms with Gasteiger partial charge in [0.15, 0.2) is 0 Å². The van der Waals surface area contributed by atoms with E-state index < -0.39 is 12.1 Å². The number of aliphatic carboxylic acids is 1. The van der Waals surface area contributed by atoms with Crippen LogP contribution >= 0.6 is 0 Å². The highest BCUT2D eigenvalue weighted by molar-refractivity contribution is 5.83. The molecular weight excluding hydrogens is 368 g/mol. The van der Waals surface area contributed by atoms with Crippen LogP contribution in [0.5, 0.6) is 0 Å². The van der Waals surface area contributed by atoms with E-state index in [1.807, 2.05) is 0 Å². The van der Waals surface area contributed by atoms with E-state index in [0.717, 1.165) is 32.1 Å². The number of hydrogen-bond donors (Lipinski definition) is 3. The molecule has 4 fully saturated rings. The Morgan fingerprint density at radius 1 is 1.17 bits per heavy atom. The van der Waals surface area contributed by atoms with E-state index in [1.54, 1.807) is 0 Å². The summed E-state index contributed by atoms with van der Waals surface area (Å²) in [7, 11) is 0. The number of Topliss-reactive ketones (excluding diaryl/α,β-unsaturated/α-hetero) is 1. The fraction of sp³-hybridized carbons (Fsp3) is 0.917. The van der Waals surface area contributed by atoms with Crippen LogP contribution < -0.4 is 0 Å². The summed E-state index contributed by atoms with van der Waals surface area (Å²) in [6.45, 7) is 6.68. The molecule has 0 bridgehead atoms. The first kappa shape index (κ1) is 21.3. The Kier molecular flexibility index (Phi) is 5.39. The summed E-state index contributed by atoms with van der Waals surface area (Å²) >= 11 is 0. The van der Waals surface area contributed by atoms with Gasteiger partial charge in [-0.3, -0.25) is 9.59 Å². The third-order valence-corrected chi connectivity index (χ3v) is 9.95. The van der Waals surface area contributed by atoms with Crippen LogP contribution in [0.15, 0.2) is 0 Å². The van der Waals surface area contributed by atoms with Crippen molar-refractivity contribution in [1.29, 1.82) is 0 Å². The number of fused-ring (bicyclic) bond motifs is 5. The molecule has 10 atom stereocenters. The first-order valence-electron chi connectivity index (χ1n) is 11.7. The molecule has 0 aromatic rings. The minimum atomic E-state index is -0.749. The number of aliphatic hydroxyl groups excluding tert-OH is 2. The molecule has 0 aliphatic heterocycles. The van der Waals surface area contributed by atoms with Gasteiger partial charge in [0.2, 0.25) is 0 Å². The monoisotopic (exact) mass is 406 g/mol. The Morgan fingerprint density at radius 2 is 1.90 bits per heavy atom. The number of ketones is 1. The van der Waals surface area contributed by atoms with E-state index in [-0.39, 0.29) is 47.0 Å². The number of carboxylic acids is 1. The number of aliphatic hydroxyl groups is 2. The van der Waals surface area contributed by atoms with Gasteiger partial charge < -0.3 is 15.3 Å². The van der Waals surface area contributed by atoms with Crippen molar-refractivity contribution >= 4 is 11.8 Å². The summed E-state index contributed by atoms with van der Waals surface area (Å²) in [4.78, 5) is 24.4. The van der Waals surface area contributed by atoms with Crippen molar-refractivity contribution in [2.24, 2.45) is 46.3 Å². The van der Waals surface area contributed by atoms with E-state index in [9.17, 15) is 19.8 Å². The molecular formula is C24H38O5. The summed E-state index contributed by atoms with van der Waals surface area (Å²) in [5.41, 5.74) is -0.156. The minimum absolute atomic E-state index is 0.00685. The zero-order valence-electron chi connectivity index (χ0n) is 18.1. The second-order valence-electron chi connectivity index (χ2n) is 11.3. The first-order chi connectivity index (χ1) is 13.6. The van der Waals surface area contributed by atoms with Gasteiger partial charge in [-0.25, -0.2) is 0 Å². The molecule has 0 saturated heterocycles. The van der Waals surface area contributed by atoms with Crippen molar-refractivity contribution in [2.75, 3.05) is 0 Å². The summed E-state index contributed by atoms with van der Waals surface area (Å²) in [5.74, 6) is 0.632. The molecule has 29 heavy (non-hydrogen) atoms. The predicted molar refractivity (Wildman–Crippen MR) is 109 cm³/mol. The predicted octanol–water partition coefficient (Wildman–Crippen LogP) is 3.66. The Morgan fingerprint density at radius 3 is 2.59 bits per heavy atom. The largest absolute Gasteiger partial charge is 0.481 e. The van der Waals surface area contributed by atoms with Crippen molar-refractivity contribution < 1.29 is 24.9 Å². The second kappa shape index (κ2) is 7.33. The lowest BCUT2D eigenvalue weighted by Gasteiger charge is -2.61. The van der Waals surface area contributed by atoms with Crippen molar-refractivity contribution in [3.05, 3.63) is 0 Å². The molecule has 0 aromatic carbocycles.